The average Bonchev–Trinajstić information content (AvgIpc) is 2.99. The van der Waals surface area contributed by atoms with Crippen molar-refractivity contribution in [1.82, 2.24) is 4.90 Å². The van der Waals surface area contributed by atoms with Crippen LogP contribution in [0.15, 0.2) is 24.3 Å². The molecule has 156 valence electrons. The molecule has 1 fully saturated rings. The van der Waals surface area contributed by atoms with E-state index in [1.54, 1.807) is 29.2 Å². The molecule has 1 aliphatic heterocycles. The molecule has 28 heavy (non-hydrogen) atoms. The Morgan fingerprint density at radius 2 is 1.82 bits per heavy atom. The van der Waals surface area contributed by atoms with Crippen LogP contribution in [0.5, 0.6) is 5.75 Å². The minimum atomic E-state index is -3.12. The molecule has 1 saturated heterocycles. The molecule has 7 nitrogen and oxygen atoms in total. The number of hydrogen-bond acceptors (Lipinski definition) is 6. The van der Waals surface area contributed by atoms with Crippen LogP contribution in [0.1, 0.15) is 50.9 Å². The summed E-state index contributed by atoms with van der Waals surface area (Å²) in [7, 11) is -3.12. The third-order valence-corrected chi connectivity index (χ3v) is 6.49. The van der Waals surface area contributed by atoms with E-state index >= 15 is 0 Å². The Morgan fingerprint density at radius 3 is 2.32 bits per heavy atom. The molecule has 2 rings (SSSR count). The van der Waals surface area contributed by atoms with E-state index < -0.39 is 22.4 Å². The van der Waals surface area contributed by atoms with E-state index in [1.165, 1.54) is 0 Å². The van der Waals surface area contributed by atoms with Gasteiger partial charge in [-0.2, -0.15) is 0 Å². The molecular formula is C20H29NO6S. The van der Waals surface area contributed by atoms with Crippen LogP contribution >= 0.6 is 0 Å². The number of ether oxygens (including phenoxy) is 2. The molecule has 0 N–H and O–H groups in total. The fraction of sp³-hybridized carbons (Fsp3) is 0.600. The second kappa shape index (κ2) is 9.41. The highest BCUT2D eigenvalue weighted by atomic mass is 32.2. The molecule has 1 heterocycles. The smallest absolute Gasteiger partial charge is 0.338 e. The van der Waals surface area contributed by atoms with E-state index in [2.05, 4.69) is 0 Å². The summed E-state index contributed by atoms with van der Waals surface area (Å²) in [5.41, 5.74) is 0.322. The first-order valence-corrected chi connectivity index (χ1v) is 11.4. The van der Waals surface area contributed by atoms with Gasteiger partial charge in [-0.25, -0.2) is 13.2 Å². The molecule has 8 heteroatoms. The summed E-state index contributed by atoms with van der Waals surface area (Å²) in [5, 5.41) is 0. The lowest BCUT2D eigenvalue weighted by molar-refractivity contribution is -0.138. The molecule has 1 aromatic carbocycles. The SMILES string of the molecule is CCC(C)N(C(=O)COC(=O)c1ccc(OC(C)C)cc1)C1CCS(=O)(=O)C1. The summed E-state index contributed by atoms with van der Waals surface area (Å²) < 4.78 is 34.3. The largest absolute Gasteiger partial charge is 0.491 e. The van der Waals surface area contributed by atoms with Crippen LogP contribution in [-0.2, 0) is 19.4 Å². The maximum atomic E-state index is 12.7. The van der Waals surface area contributed by atoms with Gasteiger partial charge in [0.25, 0.3) is 5.91 Å². The molecule has 1 aliphatic rings. The maximum Gasteiger partial charge on any atom is 0.338 e. The first-order chi connectivity index (χ1) is 13.1. The molecule has 0 bridgehead atoms. The van der Waals surface area contributed by atoms with E-state index in [0.29, 0.717) is 24.2 Å². The third kappa shape index (κ3) is 5.95. The molecule has 0 spiro atoms. The van der Waals surface area contributed by atoms with Crippen LogP contribution < -0.4 is 4.74 Å². The van der Waals surface area contributed by atoms with Crippen LogP contribution in [0.2, 0.25) is 0 Å². The van der Waals surface area contributed by atoms with Gasteiger partial charge in [0, 0.05) is 12.1 Å². The minimum Gasteiger partial charge on any atom is -0.491 e. The van der Waals surface area contributed by atoms with Crippen LogP contribution in [-0.4, -0.2) is 61.5 Å². The Hall–Kier alpha value is -2.09. The lowest BCUT2D eigenvalue weighted by atomic mass is 10.1. The maximum absolute atomic E-state index is 12.7. The number of esters is 1. The van der Waals surface area contributed by atoms with Crippen molar-refractivity contribution in [2.75, 3.05) is 18.1 Å². The Kier molecular flexibility index (Phi) is 7.46. The summed E-state index contributed by atoms with van der Waals surface area (Å²) in [6, 6.07) is 6.03. The van der Waals surface area contributed by atoms with Gasteiger partial charge in [0.2, 0.25) is 0 Å². The molecule has 2 atom stereocenters. The second-order valence-corrected chi connectivity index (χ2v) is 9.61. The van der Waals surface area contributed by atoms with Gasteiger partial charge < -0.3 is 14.4 Å². The molecule has 0 saturated carbocycles. The normalized spacial score (nSPS) is 19.2. The number of benzene rings is 1. The number of carbonyl (C=O) groups excluding carboxylic acids is 2. The molecule has 1 amide bonds. The summed E-state index contributed by atoms with van der Waals surface area (Å²) in [6.45, 7) is 7.21. The molecule has 1 aromatic rings. The second-order valence-electron chi connectivity index (χ2n) is 7.38. The number of amides is 1. The minimum absolute atomic E-state index is 0.0290. The predicted octanol–water partition coefficient (Wildman–Crippen LogP) is 2.44. The van der Waals surface area contributed by atoms with Crippen molar-refractivity contribution in [3.8, 4) is 5.75 Å². The van der Waals surface area contributed by atoms with E-state index in [4.69, 9.17) is 9.47 Å². The number of nitrogens with zero attached hydrogens (tertiary/aromatic N) is 1. The van der Waals surface area contributed by atoms with E-state index in [1.807, 2.05) is 27.7 Å². The molecular weight excluding hydrogens is 382 g/mol. The molecule has 0 aromatic heterocycles. The van der Waals surface area contributed by atoms with Gasteiger partial charge in [0.1, 0.15) is 5.75 Å². The van der Waals surface area contributed by atoms with Crippen LogP contribution in [0.25, 0.3) is 0 Å². The highest BCUT2D eigenvalue weighted by Crippen LogP contribution is 2.22. The van der Waals surface area contributed by atoms with Crippen molar-refractivity contribution in [1.29, 1.82) is 0 Å². The number of hydrogen-bond donors (Lipinski definition) is 0. The highest BCUT2D eigenvalue weighted by Gasteiger charge is 2.36. The lowest BCUT2D eigenvalue weighted by Crippen LogP contribution is -2.48. The number of carbonyl (C=O) groups is 2. The van der Waals surface area contributed by atoms with Crippen molar-refractivity contribution in [2.45, 2.75) is 58.7 Å². The zero-order valence-corrected chi connectivity index (χ0v) is 17.7. The van der Waals surface area contributed by atoms with Gasteiger partial charge in [-0.1, -0.05) is 6.92 Å². The van der Waals surface area contributed by atoms with Gasteiger partial charge in [-0.05, 0) is 57.9 Å². The highest BCUT2D eigenvalue weighted by molar-refractivity contribution is 7.91. The summed E-state index contributed by atoms with van der Waals surface area (Å²) >= 11 is 0. The van der Waals surface area contributed by atoms with Crippen molar-refractivity contribution >= 4 is 21.7 Å². The van der Waals surface area contributed by atoms with Gasteiger partial charge in [-0.15, -0.1) is 0 Å². The Labute approximate surface area is 166 Å². The predicted molar refractivity (Wildman–Crippen MR) is 106 cm³/mol. The Balaban J connectivity index is 1.98. The van der Waals surface area contributed by atoms with E-state index in [9.17, 15) is 18.0 Å². The third-order valence-electron chi connectivity index (χ3n) is 4.74. The zero-order chi connectivity index (χ0) is 20.9. The number of rotatable bonds is 8. The van der Waals surface area contributed by atoms with Gasteiger partial charge in [-0.3, -0.25) is 4.79 Å². The van der Waals surface area contributed by atoms with Crippen molar-refractivity contribution in [3.63, 3.8) is 0 Å². The van der Waals surface area contributed by atoms with Crippen LogP contribution in [0.4, 0.5) is 0 Å². The van der Waals surface area contributed by atoms with E-state index in [0.717, 1.165) is 0 Å². The molecule has 0 aliphatic carbocycles. The lowest BCUT2D eigenvalue weighted by Gasteiger charge is -2.33. The Morgan fingerprint density at radius 1 is 1.18 bits per heavy atom. The van der Waals surface area contributed by atoms with Gasteiger partial charge in [0.15, 0.2) is 16.4 Å². The fourth-order valence-corrected chi connectivity index (χ4v) is 4.94. The quantitative estimate of drug-likeness (QED) is 0.611. The van der Waals surface area contributed by atoms with Gasteiger partial charge in [0.05, 0.1) is 23.2 Å². The summed E-state index contributed by atoms with van der Waals surface area (Å²) in [6.07, 6.45) is 1.14. The van der Waals surface area contributed by atoms with Crippen LogP contribution in [0, 0.1) is 0 Å². The topological polar surface area (TPSA) is 90.0 Å². The fourth-order valence-electron chi connectivity index (χ4n) is 3.23. The molecule has 2 unspecified atom stereocenters. The molecule has 0 radical (unpaired) electrons. The Bertz CT molecular complexity index is 787. The summed E-state index contributed by atoms with van der Waals surface area (Å²) in [4.78, 5) is 26.5. The monoisotopic (exact) mass is 411 g/mol. The standard InChI is InChI=1S/C20H29NO6S/c1-5-15(4)21(17-10-11-28(24,25)13-17)19(22)12-26-20(23)16-6-8-18(9-7-16)27-14(2)3/h6-9,14-15,17H,5,10-13H2,1-4H3. The van der Waals surface area contributed by atoms with Crippen molar-refractivity contribution in [3.05, 3.63) is 29.8 Å². The van der Waals surface area contributed by atoms with Crippen molar-refractivity contribution < 1.29 is 27.5 Å². The van der Waals surface area contributed by atoms with Gasteiger partial charge >= 0.3 is 5.97 Å². The summed E-state index contributed by atoms with van der Waals surface area (Å²) in [5.74, 6) is -0.276. The van der Waals surface area contributed by atoms with E-state index in [-0.39, 0.29) is 35.6 Å². The first-order valence-electron chi connectivity index (χ1n) is 9.58. The number of sulfone groups is 1. The van der Waals surface area contributed by atoms with Crippen LogP contribution in [0.3, 0.4) is 0 Å². The van der Waals surface area contributed by atoms with Crippen molar-refractivity contribution in [2.24, 2.45) is 0 Å². The first kappa shape index (κ1) is 22.2. The zero-order valence-electron chi connectivity index (χ0n) is 16.9. The average molecular weight is 412 g/mol.